The largest absolute Gasteiger partial charge is 0.0839 e. The second-order valence-electron chi connectivity index (χ2n) is 12.1. The van der Waals surface area contributed by atoms with Crippen molar-refractivity contribution in [3.8, 4) is 11.1 Å². The molecule has 42 heavy (non-hydrogen) atoms. The first-order valence-electron chi connectivity index (χ1n) is 15.7. The molecule has 4 aromatic rings. The van der Waals surface area contributed by atoms with Crippen LogP contribution in [0.5, 0.6) is 0 Å². The molecule has 0 aromatic heterocycles. The highest BCUT2D eigenvalue weighted by Gasteiger charge is 2.26. The van der Waals surface area contributed by atoms with Gasteiger partial charge in [-0.1, -0.05) is 134 Å². The molecule has 0 saturated carbocycles. The van der Waals surface area contributed by atoms with E-state index in [4.69, 9.17) is 0 Å². The molecule has 0 heterocycles. The second kappa shape index (κ2) is 10.8. The summed E-state index contributed by atoms with van der Waals surface area (Å²) in [7, 11) is 0. The SMILES string of the molecule is C1=CCC(C2=CC(C3=CCCC=C3)CC(c3c4ccccc4c(-c4cccc5c4=CCCC=5)c4ccccc34)=C2)C=C1. The summed E-state index contributed by atoms with van der Waals surface area (Å²) >= 11 is 0. The number of hydrogen-bond donors (Lipinski definition) is 0. The van der Waals surface area contributed by atoms with Gasteiger partial charge in [-0.3, -0.25) is 0 Å². The molecule has 4 aliphatic carbocycles. The van der Waals surface area contributed by atoms with Gasteiger partial charge in [0, 0.05) is 11.8 Å². The normalized spacial score (nSPS) is 21.3. The van der Waals surface area contributed by atoms with Gasteiger partial charge < -0.3 is 0 Å². The quantitative estimate of drug-likeness (QED) is 0.226. The van der Waals surface area contributed by atoms with Gasteiger partial charge >= 0.3 is 0 Å². The zero-order valence-corrected chi connectivity index (χ0v) is 24.1. The first-order valence-corrected chi connectivity index (χ1v) is 15.7. The summed E-state index contributed by atoms with van der Waals surface area (Å²) in [5.41, 5.74) is 8.55. The van der Waals surface area contributed by atoms with Gasteiger partial charge in [-0.25, -0.2) is 0 Å². The smallest absolute Gasteiger partial charge is 0.00613 e. The highest BCUT2D eigenvalue weighted by atomic mass is 14.3. The van der Waals surface area contributed by atoms with Crippen LogP contribution in [0.4, 0.5) is 0 Å². The Hall–Kier alpha value is -4.42. The Kier molecular flexibility index (Phi) is 6.49. The van der Waals surface area contributed by atoms with Crippen molar-refractivity contribution in [3.63, 3.8) is 0 Å². The summed E-state index contributed by atoms with van der Waals surface area (Å²) in [6.07, 6.45) is 32.9. The van der Waals surface area contributed by atoms with E-state index in [0.29, 0.717) is 11.8 Å². The molecular weight excluding hydrogens is 504 g/mol. The lowest BCUT2D eigenvalue weighted by Crippen LogP contribution is -2.28. The van der Waals surface area contributed by atoms with E-state index >= 15 is 0 Å². The maximum atomic E-state index is 2.57. The molecule has 0 spiro atoms. The number of allylic oxidation sites excluding steroid dienone is 12. The maximum absolute atomic E-state index is 2.57. The van der Waals surface area contributed by atoms with Crippen molar-refractivity contribution in [2.45, 2.75) is 38.5 Å². The highest BCUT2D eigenvalue weighted by molar-refractivity contribution is 6.19. The monoisotopic (exact) mass is 540 g/mol. The summed E-state index contributed by atoms with van der Waals surface area (Å²) in [4.78, 5) is 0. The fourth-order valence-corrected chi connectivity index (χ4v) is 7.63. The molecule has 8 rings (SSSR count). The molecule has 0 fully saturated rings. The van der Waals surface area contributed by atoms with E-state index in [1.165, 1.54) is 65.4 Å². The Morgan fingerprint density at radius 3 is 2.02 bits per heavy atom. The predicted octanol–water partition coefficient (Wildman–Crippen LogP) is 9.75. The van der Waals surface area contributed by atoms with E-state index in [1.807, 2.05) is 0 Å². The van der Waals surface area contributed by atoms with Crippen LogP contribution in [0.3, 0.4) is 0 Å². The van der Waals surface area contributed by atoms with Gasteiger partial charge in [-0.2, -0.15) is 0 Å². The maximum Gasteiger partial charge on any atom is 0.00613 e. The van der Waals surface area contributed by atoms with Gasteiger partial charge in [-0.05, 0) is 104 Å². The molecule has 0 N–H and O–H groups in total. The fourth-order valence-electron chi connectivity index (χ4n) is 7.63. The molecule has 2 atom stereocenters. The highest BCUT2D eigenvalue weighted by Crippen LogP contribution is 2.46. The summed E-state index contributed by atoms with van der Waals surface area (Å²) in [5.74, 6) is 0.833. The van der Waals surface area contributed by atoms with Crippen LogP contribution in [0.25, 0.3) is 50.4 Å². The van der Waals surface area contributed by atoms with Gasteiger partial charge in [-0.15, -0.1) is 0 Å². The summed E-state index contributed by atoms with van der Waals surface area (Å²) in [6.45, 7) is 0. The molecule has 0 radical (unpaired) electrons. The van der Waals surface area contributed by atoms with Gasteiger partial charge in [0.1, 0.15) is 0 Å². The first kappa shape index (κ1) is 25.3. The molecule has 204 valence electrons. The Bertz CT molecular complexity index is 1980. The van der Waals surface area contributed by atoms with Crippen LogP contribution < -0.4 is 10.4 Å². The molecule has 4 aliphatic rings. The Balaban J connectivity index is 1.40. The Morgan fingerprint density at radius 2 is 1.31 bits per heavy atom. The van der Waals surface area contributed by atoms with Gasteiger partial charge in [0.25, 0.3) is 0 Å². The zero-order valence-electron chi connectivity index (χ0n) is 24.1. The summed E-state index contributed by atoms with van der Waals surface area (Å²) in [6, 6.07) is 25.2. The lowest BCUT2D eigenvalue weighted by molar-refractivity contribution is 0.722. The minimum atomic E-state index is 0.402. The van der Waals surface area contributed by atoms with Crippen LogP contribution in [0.15, 0.2) is 133 Å². The third-order valence-electron chi connectivity index (χ3n) is 9.58. The molecule has 0 aliphatic heterocycles. The summed E-state index contributed by atoms with van der Waals surface area (Å²) < 4.78 is 0. The van der Waals surface area contributed by atoms with Crippen molar-refractivity contribution in [1.29, 1.82) is 0 Å². The van der Waals surface area contributed by atoms with E-state index < -0.39 is 0 Å². The average molecular weight is 541 g/mol. The molecule has 0 saturated heterocycles. The lowest BCUT2D eigenvalue weighted by atomic mass is 9.75. The molecule has 0 heteroatoms. The lowest BCUT2D eigenvalue weighted by Gasteiger charge is -2.29. The zero-order chi connectivity index (χ0) is 27.9. The fraction of sp³-hybridized carbons (Fsp3) is 0.190. The average Bonchev–Trinajstić information content (AvgIpc) is 3.07. The van der Waals surface area contributed by atoms with E-state index in [-0.39, 0.29) is 0 Å². The molecule has 0 bridgehead atoms. The number of benzene rings is 4. The third kappa shape index (κ3) is 4.38. The van der Waals surface area contributed by atoms with Crippen molar-refractivity contribution in [2.24, 2.45) is 11.8 Å². The minimum Gasteiger partial charge on any atom is -0.0839 e. The second-order valence-corrected chi connectivity index (χ2v) is 12.1. The molecular formula is C42H36. The van der Waals surface area contributed by atoms with Crippen LogP contribution in [-0.4, -0.2) is 0 Å². The minimum absolute atomic E-state index is 0.402. The molecule has 0 amide bonds. The van der Waals surface area contributed by atoms with Crippen LogP contribution in [0, 0.1) is 11.8 Å². The Labute approximate surface area is 248 Å². The topological polar surface area (TPSA) is 0 Å². The Morgan fingerprint density at radius 1 is 0.571 bits per heavy atom. The van der Waals surface area contributed by atoms with Crippen molar-refractivity contribution in [1.82, 2.24) is 0 Å². The van der Waals surface area contributed by atoms with E-state index in [0.717, 1.165) is 38.5 Å². The number of hydrogen-bond acceptors (Lipinski definition) is 0. The van der Waals surface area contributed by atoms with Gasteiger partial charge in [0.15, 0.2) is 0 Å². The van der Waals surface area contributed by atoms with Gasteiger partial charge in [0.2, 0.25) is 0 Å². The van der Waals surface area contributed by atoms with Crippen LogP contribution in [-0.2, 0) is 0 Å². The summed E-state index contributed by atoms with van der Waals surface area (Å²) in [5, 5.41) is 8.19. The predicted molar refractivity (Wildman–Crippen MR) is 181 cm³/mol. The van der Waals surface area contributed by atoms with Crippen molar-refractivity contribution >= 4 is 39.3 Å². The van der Waals surface area contributed by atoms with Crippen LogP contribution in [0.2, 0.25) is 0 Å². The molecule has 4 aromatic carbocycles. The van der Waals surface area contributed by atoms with E-state index in [2.05, 4.69) is 134 Å². The van der Waals surface area contributed by atoms with Crippen LogP contribution in [0.1, 0.15) is 44.1 Å². The van der Waals surface area contributed by atoms with Crippen molar-refractivity contribution < 1.29 is 0 Å². The van der Waals surface area contributed by atoms with E-state index in [1.54, 1.807) is 0 Å². The molecule has 0 nitrogen and oxygen atoms in total. The van der Waals surface area contributed by atoms with Gasteiger partial charge in [0.05, 0.1) is 0 Å². The van der Waals surface area contributed by atoms with Crippen molar-refractivity contribution in [2.75, 3.05) is 0 Å². The van der Waals surface area contributed by atoms with Crippen molar-refractivity contribution in [3.05, 3.63) is 149 Å². The molecule has 2 unspecified atom stereocenters. The third-order valence-corrected chi connectivity index (χ3v) is 9.58. The number of rotatable bonds is 4. The van der Waals surface area contributed by atoms with Crippen LogP contribution >= 0.6 is 0 Å². The standard InChI is InChI=1S/C42H36/c1-3-14-29(15-4-1)32-26-33(30-16-5-2-6-17-30)28-34(27-32)41-37-21-9-11-23-39(37)42(40-24-12-10-22-38(40)41)36-25-13-19-31-18-7-8-20-35(31)36/h1,3-5,9-14,16-27,29,33H,2,6-8,15,28H2. The van der Waals surface area contributed by atoms with E-state index in [9.17, 15) is 0 Å². The first-order chi connectivity index (χ1) is 20.8. The number of fused-ring (bicyclic) bond motifs is 3.